The van der Waals surface area contributed by atoms with Crippen molar-refractivity contribution in [2.45, 2.75) is 314 Å². The Morgan fingerprint density at radius 3 is 1.43 bits per heavy atom. The van der Waals surface area contributed by atoms with Crippen LogP contribution >= 0.6 is 0 Å². The van der Waals surface area contributed by atoms with Crippen molar-refractivity contribution in [2.24, 2.45) is 0 Å². The average molecular weight is 1040 g/mol. The van der Waals surface area contributed by atoms with Crippen LogP contribution in [0.2, 0.25) is 0 Å². The number of carbonyl (C=O) groups excluding carboxylic acids is 2. The van der Waals surface area contributed by atoms with Gasteiger partial charge in [0, 0.05) is 6.42 Å². The van der Waals surface area contributed by atoms with Gasteiger partial charge in [0.25, 0.3) is 0 Å². The van der Waals surface area contributed by atoms with E-state index in [0.29, 0.717) is 12.8 Å². The first-order valence-electron chi connectivity index (χ1n) is 30.6. The Kier molecular flexibility index (Phi) is 47.9. The number of hydrogen-bond donors (Lipinski definition) is 6. The van der Waals surface area contributed by atoms with Crippen molar-refractivity contribution in [2.75, 3.05) is 13.2 Å². The van der Waals surface area contributed by atoms with Crippen molar-refractivity contribution in [3.63, 3.8) is 0 Å². The molecule has 11 heteroatoms. The first-order valence-corrected chi connectivity index (χ1v) is 30.6. The van der Waals surface area contributed by atoms with Gasteiger partial charge in [-0.05, 0) is 89.9 Å². The second kappa shape index (κ2) is 51.1. The van der Waals surface area contributed by atoms with Gasteiger partial charge in [-0.3, -0.25) is 9.59 Å². The third-order valence-corrected chi connectivity index (χ3v) is 14.1. The van der Waals surface area contributed by atoms with Crippen LogP contribution in [0, 0.1) is 0 Å². The van der Waals surface area contributed by atoms with E-state index in [1.54, 1.807) is 6.08 Å². The zero-order valence-corrected chi connectivity index (χ0v) is 47.5. The number of carbonyl (C=O) groups is 2. The molecular formula is C63H113NO10. The van der Waals surface area contributed by atoms with Gasteiger partial charge in [-0.25, -0.2) is 0 Å². The zero-order chi connectivity index (χ0) is 54.0. The number of esters is 1. The number of allylic oxidation sites excluding steroid dienone is 9. The molecular weight excluding hydrogens is 931 g/mol. The Morgan fingerprint density at radius 1 is 0.527 bits per heavy atom. The minimum Gasteiger partial charge on any atom is -0.454 e. The summed E-state index contributed by atoms with van der Waals surface area (Å²) in [5.74, 6) is -1.22. The number of rotatable bonds is 51. The summed E-state index contributed by atoms with van der Waals surface area (Å²) in [6.07, 6.45) is 52.5. The summed E-state index contributed by atoms with van der Waals surface area (Å²) in [4.78, 5) is 26.5. The molecule has 0 aromatic heterocycles. The van der Waals surface area contributed by atoms with Gasteiger partial charge in [0.15, 0.2) is 12.4 Å². The molecule has 1 rings (SSSR count). The van der Waals surface area contributed by atoms with Crippen LogP contribution in [0.5, 0.6) is 0 Å². The number of nitrogens with one attached hydrogen (secondary N) is 1. The predicted molar refractivity (Wildman–Crippen MR) is 306 cm³/mol. The number of aliphatic hydroxyl groups excluding tert-OH is 5. The van der Waals surface area contributed by atoms with Crippen LogP contribution in [0.3, 0.4) is 0 Å². The highest BCUT2D eigenvalue weighted by atomic mass is 16.7. The molecule has 6 N–H and O–H groups in total. The van der Waals surface area contributed by atoms with Crippen LogP contribution in [0.15, 0.2) is 60.8 Å². The summed E-state index contributed by atoms with van der Waals surface area (Å²) in [6, 6.07) is -1.03. The Labute approximate surface area is 452 Å². The maximum Gasteiger partial charge on any atom is 0.306 e. The maximum absolute atomic E-state index is 13.4. The topological polar surface area (TPSA) is 175 Å². The summed E-state index contributed by atoms with van der Waals surface area (Å²) in [6.45, 7) is 5.74. The van der Waals surface area contributed by atoms with Gasteiger partial charge in [-0.1, -0.05) is 229 Å². The number of amides is 1. The van der Waals surface area contributed by atoms with Crippen LogP contribution in [0.1, 0.15) is 265 Å². The first kappa shape index (κ1) is 69.4. The number of aliphatic hydroxyl groups is 5. The monoisotopic (exact) mass is 1040 g/mol. The molecule has 0 aromatic carbocycles. The van der Waals surface area contributed by atoms with E-state index in [4.69, 9.17) is 14.2 Å². The highest BCUT2D eigenvalue weighted by Gasteiger charge is 2.47. The molecule has 0 aromatic rings. The quantitative estimate of drug-likeness (QED) is 0.0195. The van der Waals surface area contributed by atoms with Gasteiger partial charge in [0.05, 0.1) is 25.4 Å². The Bertz CT molecular complexity index is 1430. The molecule has 11 nitrogen and oxygen atoms in total. The molecule has 1 saturated heterocycles. The Morgan fingerprint density at radius 2 is 0.932 bits per heavy atom. The van der Waals surface area contributed by atoms with Gasteiger partial charge >= 0.3 is 5.97 Å². The molecule has 430 valence electrons. The Balaban J connectivity index is 2.72. The van der Waals surface area contributed by atoms with Crippen LogP contribution in [0.25, 0.3) is 0 Å². The molecule has 1 aliphatic heterocycles. The smallest absolute Gasteiger partial charge is 0.306 e. The van der Waals surface area contributed by atoms with E-state index >= 15 is 0 Å². The number of hydrogen-bond acceptors (Lipinski definition) is 10. The van der Waals surface area contributed by atoms with E-state index < -0.39 is 67.4 Å². The van der Waals surface area contributed by atoms with Gasteiger partial charge < -0.3 is 45.1 Å². The Hall–Kier alpha value is -2.64. The molecule has 1 amide bonds. The number of unbranched alkanes of at least 4 members (excludes halogenated alkanes) is 29. The van der Waals surface area contributed by atoms with Gasteiger partial charge in [-0.2, -0.15) is 0 Å². The highest BCUT2D eigenvalue weighted by Crippen LogP contribution is 2.26. The number of ether oxygens (including phenoxy) is 3. The molecule has 8 unspecified atom stereocenters. The van der Waals surface area contributed by atoms with E-state index in [1.165, 1.54) is 122 Å². The lowest BCUT2D eigenvalue weighted by molar-refractivity contribution is -0.305. The third kappa shape index (κ3) is 38.8. The minimum absolute atomic E-state index is 0.0965. The molecule has 0 saturated carbocycles. The second-order valence-corrected chi connectivity index (χ2v) is 21.1. The molecule has 0 spiro atoms. The largest absolute Gasteiger partial charge is 0.454 e. The van der Waals surface area contributed by atoms with Crippen LogP contribution in [-0.2, 0) is 23.8 Å². The molecule has 74 heavy (non-hydrogen) atoms. The summed E-state index contributed by atoms with van der Waals surface area (Å²) >= 11 is 0. The van der Waals surface area contributed by atoms with Crippen molar-refractivity contribution in [3.8, 4) is 0 Å². The highest BCUT2D eigenvalue weighted by molar-refractivity contribution is 5.80. The third-order valence-electron chi connectivity index (χ3n) is 14.1. The lowest BCUT2D eigenvalue weighted by atomic mass is 9.99. The van der Waals surface area contributed by atoms with Gasteiger partial charge in [0.1, 0.15) is 24.4 Å². The molecule has 1 fully saturated rings. The summed E-state index contributed by atoms with van der Waals surface area (Å²) in [5, 5.41) is 56.9. The summed E-state index contributed by atoms with van der Waals surface area (Å²) in [5.41, 5.74) is 0. The lowest BCUT2D eigenvalue weighted by Crippen LogP contribution is -2.61. The summed E-state index contributed by atoms with van der Waals surface area (Å²) < 4.78 is 17.6. The van der Waals surface area contributed by atoms with Crippen molar-refractivity contribution >= 4 is 11.9 Å². The molecule has 1 heterocycles. The zero-order valence-electron chi connectivity index (χ0n) is 47.5. The van der Waals surface area contributed by atoms with Gasteiger partial charge in [-0.15, -0.1) is 0 Å². The van der Waals surface area contributed by atoms with Crippen molar-refractivity contribution in [1.29, 1.82) is 0 Å². The molecule has 1 aliphatic rings. The fourth-order valence-corrected chi connectivity index (χ4v) is 9.24. The van der Waals surface area contributed by atoms with E-state index in [2.05, 4.69) is 74.7 Å². The van der Waals surface area contributed by atoms with E-state index in [-0.39, 0.29) is 19.4 Å². The molecule has 8 atom stereocenters. The van der Waals surface area contributed by atoms with E-state index in [0.717, 1.165) is 96.3 Å². The van der Waals surface area contributed by atoms with Crippen LogP contribution in [0.4, 0.5) is 0 Å². The fourth-order valence-electron chi connectivity index (χ4n) is 9.24. The molecule has 0 bridgehead atoms. The fraction of sp³-hybridized carbons (Fsp3) is 0.810. The molecule has 0 radical (unpaired) electrons. The first-order chi connectivity index (χ1) is 36.2. The van der Waals surface area contributed by atoms with Crippen molar-refractivity contribution in [1.82, 2.24) is 5.32 Å². The molecule has 0 aliphatic carbocycles. The second-order valence-electron chi connectivity index (χ2n) is 21.1. The van der Waals surface area contributed by atoms with E-state index in [1.807, 2.05) is 6.08 Å². The van der Waals surface area contributed by atoms with Crippen molar-refractivity contribution in [3.05, 3.63) is 60.8 Å². The average Bonchev–Trinajstić information content (AvgIpc) is 3.40. The maximum atomic E-state index is 13.4. The summed E-state index contributed by atoms with van der Waals surface area (Å²) in [7, 11) is 0. The predicted octanol–water partition coefficient (Wildman–Crippen LogP) is 14.2. The normalized spacial score (nSPS) is 19.7. The SMILES string of the molecule is CCCCC/C=C\C/C=C\C/C=C\CCCCCCC(=O)OC1C(OCC(NC(=O)C(O)CCCCCCCC/C=C/CCCCCCCC)C(O)/C=C/CCCCCCCCCCCC)OC(CO)C(O)C1O. The van der Waals surface area contributed by atoms with Crippen molar-refractivity contribution < 1.29 is 49.3 Å². The van der Waals surface area contributed by atoms with Gasteiger partial charge in [0.2, 0.25) is 5.91 Å². The lowest BCUT2D eigenvalue weighted by Gasteiger charge is -2.41. The standard InChI is InChI=1S/C63H113NO10/c1-4-7-10-13-16-19-22-25-27-29-31-33-36-39-42-45-48-51-58(68)74-61-60(70)59(69)57(52-65)73-63(61)72-53-54(55(66)49-46-43-40-37-34-24-21-18-15-12-9-6-3)64-62(71)56(67)50-47-44-41-38-35-32-30-28-26-23-20-17-14-11-8-5-2/h16,19,25-28,31,33,46,49,54-57,59-61,63,65-67,69-70H,4-15,17-18,20-24,29-30,32,34-45,47-48,50-53H2,1-3H3,(H,64,71)/b19-16-,27-25-,28-26+,33-31-,49-46+. The van der Waals surface area contributed by atoms with E-state index in [9.17, 15) is 35.1 Å². The minimum atomic E-state index is -1.62. The van der Waals surface area contributed by atoms with Crippen LogP contribution < -0.4 is 5.32 Å². The van der Waals surface area contributed by atoms with Crippen LogP contribution in [-0.4, -0.2) is 99.6 Å².